The van der Waals surface area contributed by atoms with E-state index in [1.807, 2.05) is 6.07 Å². The number of thiophene rings is 1. The molecule has 0 saturated heterocycles. The van der Waals surface area contributed by atoms with Crippen LogP contribution in [-0.4, -0.2) is 10.9 Å². The van der Waals surface area contributed by atoms with E-state index in [0.717, 1.165) is 26.0 Å². The van der Waals surface area contributed by atoms with Gasteiger partial charge in [0.2, 0.25) is 5.91 Å². The van der Waals surface area contributed by atoms with Crippen molar-refractivity contribution in [1.82, 2.24) is 10.3 Å². The molecule has 1 amide bonds. The van der Waals surface area contributed by atoms with Gasteiger partial charge in [0, 0.05) is 22.7 Å². The van der Waals surface area contributed by atoms with Gasteiger partial charge in [-0.2, -0.15) is 0 Å². The van der Waals surface area contributed by atoms with E-state index < -0.39 is 0 Å². The number of hydrogen-bond donors (Lipinski definition) is 1. The number of rotatable bonds is 5. The topological polar surface area (TPSA) is 42.0 Å². The Morgan fingerprint density at radius 1 is 1.17 bits per heavy atom. The third-order valence-electron chi connectivity index (χ3n) is 3.75. The zero-order chi connectivity index (χ0) is 17.1. The van der Waals surface area contributed by atoms with Crippen LogP contribution in [0.4, 0.5) is 0 Å². The van der Waals surface area contributed by atoms with Gasteiger partial charge in [-0.15, -0.1) is 22.7 Å². The standard InChI is InChI=1S/C19H20N2OS2/c1-12(2)14-4-6-15(7-5-14)19-21-17(11-23-19)18-9-8-16(24-18)10-20-13(3)22/h4-9,11-12H,10H2,1-3H3,(H,20,22). The molecule has 0 bridgehead atoms. The molecule has 0 aliphatic carbocycles. The molecule has 3 nitrogen and oxygen atoms in total. The van der Waals surface area contributed by atoms with Crippen LogP contribution in [0, 0.1) is 0 Å². The van der Waals surface area contributed by atoms with Crippen molar-refractivity contribution in [3.05, 3.63) is 52.2 Å². The Hall–Kier alpha value is -1.98. The summed E-state index contributed by atoms with van der Waals surface area (Å²) in [6.07, 6.45) is 0. The van der Waals surface area contributed by atoms with Gasteiger partial charge in [-0.3, -0.25) is 4.79 Å². The molecule has 1 aromatic carbocycles. The minimum Gasteiger partial charge on any atom is -0.351 e. The van der Waals surface area contributed by atoms with Crippen molar-refractivity contribution in [2.24, 2.45) is 0 Å². The molecular formula is C19H20N2OS2. The Labute approximate surface area is 150 Å². The van der Waals surface area contributed by atoms with E-state index in [-0.39, 0.29) is 5.91 Å². The SMILES string of the molecule is CC(=O)NCc1ccc(-c2csc(-c3ccc(C(C)C)cc3)n2)s1. The van der Waals surface area contributed by atoms with Crippen molar-refractivity contribution in [3.8, 4) is 21.1 Å². The first-order valence-electron chi connectivity index (χ1n) is 7.92. The van der Waals surface area contributed by atoms with Crippen LogP contribution in [0.2, 0.25) is 0 Å². The lowest BCUT2D eigenvalue weighted by molar-refractivity contribution is -0.119. The highest BCUT2D eigenvalue weighted by Gasteiger charge is 2.10. The fourth-order valence-corrected chi connectivity index (χ4v) is 4.16. The maximum Gasteiger partial charge on any atom is 0.217 e. The van der Waals surface area contributed by atoms with Gasteiger partial charge >= 0.3 is 0 Å². The number of carbonyl (C=O) groups is 1. The summed E-state index contributed by atoms with van der Waals surface area (Å²) in [5.41, 5.74) is 3.50. The molecule has 0 radical (unpaired) electrons. The van der Waals surface area contributed by atoms with Gasteiger partial charge in [0.05, 0.1) is 17.1 Å². The number of thiazole rings is 1. The molecule has 1 N–H and O–H groups in total. The van der Waals surface area contributed by atoms with E-state index in [0.29, 0.717) is 12.5 Å². The van der Waals surface area contributed by atoms with Gasteiger partial charge in [-0.25, -0.2) is 4.98 Å². The smallest absolute Gasteiger partial charge is 0.217 e. The maximum atomic E-state index is 11.0. The molecule has 5 heteroatoms. The van der Waals surface area contributed by atoms with Crippen LogP contribution in [0.15, 0.2) is 41.8 Å². The number of benzene rings is 1. The van der Waals surface area contributed by atoms with E-state index in [4.69, 9.17) is 4.98 Å². The predicted octanol–water partition coefficient (Wildman–Crippen LogP) is 5.30. The first kappa shape index (κ1) is 16.9. The lowest BCUT2D eigenvalue weighted by Gasteiger charge is -2.05. The predicted molar refractivity (Wildman–Crippen MR) is 102 cm³/mol. The van der Waals surface area contributed by atoms with Crippen molar-refractivity contribution in [1.29, 1.82) is 0 Å². The van der Waals surface area contributed by atoms with E-state index in [2.05, 4.69) is 54.9 Å². The minimum absolute atomic E-state index is 0.00857. The number of nitrogens with zero attached hydrogens (tertiary/aromatic N) is 1. The van der Waals surface area contributed by atoms with Gasteiger partial charge in [-0.1, -0.05) is 38.1 Å². The number of carbonyl (C=O) groups excluding carboxylic acids is 1. The summed E-state index contributed by atoms with van der Waals surface area (Å²) in [5.74, 6) is 0.532. The minimum atomic E-state index is -0.00857. The highest BCUT2D eigenvalue weighted by Crippen LogP contribution is 2.33. The summed E-state index contributed by atoms with van der Waals surface area (Å²) in [5, 5.41) is 5.96. The molecule has 0 aliphatic rings. The van der Waals surface area contributed by atoms with Crippen LogP contribution in [0.5, 0.6) is 0 Å². The van der Waals surface area contributed by atoms with Crippen molar-refractivity contribution in [3.63, 3.8) is 0 Å². The van der Waals surface area contributed by atoms with Gasteiger partial charge in [0.25, 0.3) is 0 Å². The third-order valence-corrected chi connectivity index (χ3v) is 5.75. The second kappa shape index (κ2) is 7.28. The van der Waals surface area contributed by atoms with Crippen molar-refractivity contribution in [2.45, 2.75) is 33.2 Å². The molecular weight excluding hydrogens is 336 g/mol. The van der Waals surface area contributed by atoms with Crippen LogP contribution >= 0.6 is 22.7 Å². The zero-order valence-corrected chi connectivity index (χ0v) is 15.6. The fourth-order valence-electron chi connectivity index (χ4n) is 2.35. The Morgan fingerprint density at radius 3 is 2.58 bits per heavy atom. The summed E-state index contributed by atoms with van der Waals surface area (Å²) < 4.78 is 0. The van der Waals surface area contributed by atoms with Crippen LogP contribution in [0.25, 0.3) is 21.1 Å². The summed E-state index contributed by atoms with van der Waals surface area (Å²) >= 11 is 3.34. The molecule has 0 aliphatic heterocycles. The fraction of sp³-hybridized carbons (Fsp3) is 0.263. The van der Waals surface area contributed by atoms with Gasteiger partial charge in [0.1, 0.15) is 5.01 Å². The largest absolute Gasteiger partial charge is 0.351 e. The summed E-state index contributed by atoms with van der Waals surface area (Å²) in [6, 6.07) is 12.8. The Morgan fingerprint density at radius 2 is 1.92 bits per heavy atom. The van der Waals surface area contributed by atoms with Crippen LogP contribution in [0.1, 0.15) is 37.1 Å². The molecule has 0 spiro atoms. The first-order chi connectivity index (χ1) is 11.5. The average molecular weight is 357 g/mol. The lowest BCUT2D eigenvalue weighted by Crippen LogP contribution is -2.17. The van der Waals surface area contributed by atoms with Gasteiger partial charge in [-0.05, 0) is 23.6 Å². The molecule has 2 aromatic heterocycles. The van der Waals surface area contributed by atoms with E-state index >= 15 is 0 Å². The molecule has 0 unspecified atom stereocenters. The summed E-state index contributed by atoms with van der Waals surface area (Å²) in [4.78, 5) is 18.0. The molecule has 0 fully saturated rings. The van der Waals surface area contributed by atoms with Crippen LogP contribution < -0.4 is 5.32 Å². The number of hydrogen-bond acceptors (Lipinski definition) is 4. The highest BCUT2D eigenvalue weighted by molar-refractivity contribution is 7.16. The van der Waals surface area contributed by atoms with Crippen LogP contribution in [-0.2, 0) is 11.3 Å². The molecule has 24 heavy (non-hydrogen) atoms. The van der Waals surface area contributed by atoms with Crippen molar-refractivity contribution < 1.29 is 4.79 Å². The quantitative estimate of drug-likeness (QED) is 0.674. The lowest BCUT2D eigenvalue weighted by atomic mass is 10.0. The number of nitrogens with one attached hydrogen (secondary N) is 1. The molecule has 2 heterocycles. The monoisotopic (exact) mass is 356 g/mol. The highest BCUT2D eigenvalue weighted by atomic mass is 32.1. The number of aromatic nitrogens is 1. The van der Waals surface area contributed by atoms with Crippen molar-refractivity contribution in [2.75, 3.05) is 0 Å². The van der Waals surface area contributed by atoms with Crippen molar-refractivity contribution >= 4 is 28.6 Å². The molecule has 3 rings (SSSR count). The third kappa shape index (κ3) is 3.91. The molecule has 3 aromatic rings. The Bertz CT molecular complexity index is 831. The van der Waals surface area contributed by atoms with E-state index in [1.165, 1.54) is 12.5 Å². The van der Waals surface area contributed by atoms with Gasteiger partial charge < -0.3 is 5.32 Å². The zero-order valence-electron chi connectivity index (χ0n) is 14.0. The Kier molecular flexibility index (Phi) is 5.11. The molecule has 124 valence electrons. The van der Waals surface area contributed by atoms with E-state index in [1.54, 1.807) is 22.7 Å². The summed E-state index contributed by atoms with van der Waals surface area (Å²) in [7, 11) is 0. The second-order valence-corrected chi connectivity index (χ2v) is 8.02. The maximum absolute atomic E-state index is 11.0. The second-order valence-electron chi connectivity index (χ2n) is 5.99. The van der Waals surface area contributed by atoms with Gasteiger partial charge in [0.15, 0.2) is 0 Å². The summed E-state index contributed by atoms with van der Waals surface area (Å²) in [6.45, 7) is 6.51. The normalized spacial score (nSPS) is 11.0. The van der Waals surface area contributed by atoms with E-state index in [9.17, 15) is 4.79 Å². The molecule has 0 saturated carbocycles. The Balaban J connectivity index is 1.76. The number of amides is 1. The molecule has 0 atom stereocenters. The average Bonchev–Trinajstić information content (AvgIpc) is 3.22. The van der Waals surface area contributed by atoms with Crippen LogP contribution in [0.3, 0.4) is 0 Å². The first-order valence-corrected chi connectivity index (χ1v) is 9.62.